The highest BCUT2D eigenvalue weighted by molar-refractivity contribution is 5.35. The number of hydrogen-bond donors (Lipinski definition) is 2. The van der Waals surface area contributed by atoms with Crippen molar-refractivity contribution in [2.75, 3.05) is 7.05 Å². The van der Waals surface area contributed by atoms with Crippen molar-refractivity contribution in [2.45, 2.75) is 45.2 Å². The van der Waals surface area contributed by atoms with Gasteiger partial charge in [0.1, 0.15) is 0 Å². The number of pyridine rings is 1. The van der Waals surface area contributed by atoms with Crippen molar-refractivity contribution in [1.29, 1.82) is 0 Å². The second-order valence-corrected chi connectivity index (χ2v) is 8.45. The van der Waals surface area contributed by atoms with Crippen LogP contribution in [-0.4, -0.2) is 12.0 Å². The summed E-state index contributed by atoms with van der Waals surface area (Å²) in [7, 11) is 2.05. The lowest BCUT2D eigenvalue weighted by atomic mass is 9.86. The molecule has 1 fully saturated rings. The molecule has 2 aliphatic carbocycles. The highest BCUT2D eigenvalue weighted by Gasteiger charge is 2.63. The summed E-state index contributed by atoms with van der Waals surface area (Å²) in [4.78, 5) is 4.33. The predicted molar refractivity (Wildman–Crippen MR) is 111 cm³/mol. The molecule has 142 valence electrons. The average molecular weight is 362 g/mol. The molecule has 1 saturated carbocycles. The van der Waals surface area contributed by atoms with Gasteiger partial charge in [-0.25, -0.2) is 0 Å². The minimum absolute atomic E-state index is 0.149. The summed E-state index contributed by atoms with van der Waals surface area (Å²) in [5.41, 5.74) is 5.54. The molecule has 27 heavy (non-hydrogen) atoms. The van der Waals surface area contributed by atoms with E-state index in [2.05, 4.69) is 73.4 Å². The van der Waals surface area contributed by atoms with Crippen molar-refractivity contribution in [2.24, 2.45) is 17.3 Å². The van der Waals surface area contributed by atoms with Crippen LogP contribution in [0.25, 0.3) is 0 Å². The van der Waals surface area contributed by atoms with Gasteiger partial charge in [0, 0.05) is 30.1 Å². The van der Waals surface area contributed by atoms with E-state index in [-0.39, 0.29) is 11.5 Å². The largest absolute Gasteiger partial charge is 0.382 e. The van der Waals surface area contributed by atoms with Gasteiger partial charge >= 0.3 is 0 Å². The SMILES string of the molecule is C=C(NC1CCCc2ccccc21)C1C(C)C1(C)C(NC)c1cccnc1. The number of aryl methyl sites for hydroxylation is 1. The maximum Gasteiger partial charge on any atom is 0.0513 e. The van der Waals surface area contributed by atoms with Crippen LogP contribution in [0, 0.1) is 17.3 Å². The summed E-state index contributed by atoms with van der Waals surface area (Å²) in [6, 6.07) is 13.7. The highest BCUT2D eigenvalue weighted by Crippen LogP contribution is 2.67. The maximum atomic E-state index is 4.49. The van der Waals surface area contributed by atoms with Gasteiger partial charge in [-0.1, -0.05) is 50.8 Å². The molecule has 0 spiro atoms. The third-order valence-electron chi connectivity index (χ3n) is 7.08. The van der Waals surface area contributed by atoms with Gasteiger partial charge in [0.05, 0.1) is 6.04 Å². The molecule has 5 atom stereocenters. The third-order valence-corrected chi connectivity index (χ3v) is 7.08. The molecular formula is C24H31N3. The Labute approximate surface area is 163 Å². The molecule has 3 nitrogen and oxygen atoms in total. The Morgan fingerprint density at radius 2 is 2.07 bits per heavy atom. The fourth-order valence-corrected chi connectivity index (χ4v) is 5.47. The fraction of sp³-hybridized carbons (Fsp3) is 0.458. The van der Waals surface area contributed by atoms with E-state index in [0.29, 0.717) is 17.9 Å². The standard InChI is InChI=1S/C24H31N3/c1-16-22(24(16,3)23(25-4)19-11-8-14-26-15-19)17(2)27-21-13-7-10-18-9-5-6-12-20(18)21/h5-6,8-9,11-12,14-16,21-23,25,27H,2,7,10,13H2,1,3-4H3. The smallest absolute Gasteiger partial charge is 0.0513 e. The molecule has 3 heteroatoms. The number of nitrogens with zero attached hydrogens (tertiary/aromatic N) is 1. The van der Waals surface area contributed by atoms with E-state index in [9.17, 15) is 0 Å². The van der Waals surface area contributed by atoms with E-state index in [1.807, 2.05) is 18.5 Å². The molecule has 1 aromatic heterocycles. The Bertz CT molecular complexity index is 815. The number of nitrogens with one attached hydrogen (secondary N) is 2. The first-order chi connectivity index (χ1) is 13.1. The molecule has 0 amide bonds. The molecule has 4 rings (SSSR count). The average Bonchev–Trinajstić information content (AvgIpc) is 3.24. The summed E-state index contributed by atoms with van der Waals surface area (Å²) in [6.45, 7) is 9.23. The summed E-state index contributed by atoms with van der Waals surface area (Å²) in [6.07, 6.45) is 7.46. The molecular weight excluding hydrogens is 330 g/mol. The van der Waals surface area contributed by atoms with E-state index in [1.54, 1.807) is 0 Å². The minimum atomic E-state index is 0.149. The molecule has 0 bridgehead atoms. The zero-order chi connectivity index (χ0) is 19.0. The normalized spacial score (nSPS) is 30.3. The van der Waals surface area contributed by atoms with Gasteiger partial charge in [0.15, 0.2) is 0 Å². The number of rotatable bonds is 6. The summed E-state index contributed by atoms with van der Waals surface area (Å²) in [5.74, 6) is 1.04. The third kappa shape index (κ3) is 3.08. The van der Waals surface area contributed by atoms with Gasteiger partial charge in [-0.05, 0) is 60.4 Å². The number of allylic oxidation sites excluding steroid dienone is 1. The van der Waals surface area contributed by atoms with Crippen molar-refractivity contribution >= 4 is 0 Å². The van der Waals surface area contributed by atoms with Crippen molar-refractivity contribution in [3.8, 4) is 0 Å². The molecule has 2 aromatic rings. The Kier molecular flexibility index (Phi) is 4.81. The molecule has 5 unspecified atom stereocenters. The quantitative estimate of drug-likeness (QED) is 0.776. The van der Waals surface area contributed by atoms with Crippen LogP contribution in [0.1, 0.15) is 55.5 Å². The van der Waals surface area contributed by atoms with Gasteiger partial charge in [0.2, 0.25) is 0 Å². The maximum absolute atomic E-state index is 4.49. The summed E-state index contributed by atoms with van der Waals surface area (Å²) in [5, 5.41) is 7.36. The Morgan fingerprint density at radius 3 is 2.81 bits per heavy atom. The van der Waals surface area contributed by atoms with Gasteiger partial charge in [0.25, 0.3) is 0 Å². The second-order valence-electron chi connectivity index (χ2n) is 8.45. The monoisotopic (exact) mass is 361 g/mol. The van der Waals surface area contributed by atoms with Crippen LogP contribution < -0.4 is 10.6 Å². The lowest BCUT2D eigenvalue weighted by Crippen LogP contribution is -2.30. The lowest BCUT2D eigenvalue weighted by molar-refractivity contribution is 0.342. The molecule has 2 aliphatic rings. The second kappa shape index (κ2) is 7.12. The van der Waals surface area contributed by atoms with E-state index in [1.165, 1.54) is 41.6 Å². The Hall–Kier alpha value is -2.13. The van der Waals surface area contributed by atoms with Crippen molar-refractivity contribution < 1.29 is 0 Å². The van der Waals surface area contributed by atoms with Gasteiger partial charge in [-0.2, -0.15) is 0 Å². The predicted octanol–water partition coefficient (Wildman–Crippen LogP) is 4.80. The number of benzene rings is 1. The van der Waals surface area contributed by atoms with E-state index in [0.717, 1.165) is 0 Å². The van der Waals surface area contributed by atoms with Crippen LogP contribution in [-0.2, 0) is 6.42 Å². The lowest BCUT2D eigenvalue weighted by Gasteiger charge is -2.30. The molecule has 0 radical (unpaired) electrons. The molecule has 2 N–H and O–H groups in total. The number of aromatic nitrogens is 1. The van der Waals surface area contributed by atoms with Crippen molar-refractivity contribution in [3.05, 3.63) is 77.8 Å². The topological polar surface area (TPSA) is 37.0 Å². The first-order valence-electron chi connectivity index (χ1n) is 10.2. The van der Waals surface area contributed by atoms with Crippen LogP contribution >= 0.6 is 0 Å². The molecule has 1 heterocycles. The van der Waals surface area contributed by atoms with E-state index >= 15 is 0 Å². The molecule has 0 aliphatic heterocycles. The van der Waals surface area contributed by atoms with Gasteiger partial charge in [-0.15, -0.1) is 0 Å². The van der Waals surface area contributed by atoms with E-state index < -0.39 is 0 Å². The zero-order valence-electron chi connectivity index (χ0n) is 16.7. The summed E-state index contributed by atoms with van der Waals surface area (Å²) < 4.78 is 0. The zero-order valence-corrected chi connectivity index (χ0v) is 16.7. The molecule has 1 aromatic carbocycles. The van der Waals surface area contributed by atoms with Crippen LogP contribution in [0.15, 0.2) is 61.1 Å². The summed E-state index contributed by atoms with van der Waals surface area (Å²) >= 11 is 0. The number of fused-ring (bicyclic) bond motifs is 1. The van der Waals surface area contributed by atoms with Crippen LogP contribution in [0.5, 0.6) is 0 Å². The van der Waals surface area contributed by atoms with E-state index in [4.69, 9.17) is 0 Å². The highest BCUT2D eigenvalue weighted by atomic mass is 15.0. The van der Waals surface area contributed by atoms with Crippen LogP contribution in [0.2, 0.25) is 0 Å². The molecule has 0 saturated heterocycles. The van der Waals surface area contributed by atoms with Gasteiger partial charge in [-0.3, -0.25) is 4.98 Å². The van der Waals surface area contributed by atoms with Crippen LogP contribution in [0.4, 0.5) is 0 Å². The first kappa shape index (κ1) is 18.2. The van der Waals surface area contributed by atoms with Crippen molar-refractivity contribution in [1.82, 2.24) is 15.6 Å². The van der Waals surface area contributed by atoms with Crippen LogP contribution in [0.3, 0.4) is 0 Å². The first-order valence-corrected chi connectivity index (χ1v) is 10.2. The number of hydrogen-bond acceptors (Lipinski definition) is 3. The Morgan fingerprint density at radius 1 is 1.26 bits per heavy atom. The minimum Gasteiger partial charge on any atom is -0.382 e. The van der Waals surface area contributed by atoms with Gasteiger partial charge < -0.3 is 10.6 Å². The Balaban J connectivity index is 1.52. The van der Waals surface area contributed by atoms with Crippen molar-refractivity contribution in [3.63, 3.8) is 0 Å². The fourth-order valence-electron chi connectivity index (χ4n) is 5.47.